The van der Waals surface area contributed by atoms with Gasteiger partial charge in [-0.25, -0.2) is 0 Å². The van der Waals surface area contributed by atoms with Crippen molar-refractivity contribution in [1.82, 2.24) is 15.5 Å². The van der Waals surface area contributed by atoms with E-state index in [9.17, 15) is 9.59 Å². The first-order chi connectivity index (χ1) is 13.6. The summed E-state index contributed by atoms with van der Waals surface area (Å²) in [7, 11) is 0. The molecule has 0 spiro atoms. The number of hydrogen-bond donors (Lipinski definition) is 2. The molecule has 0 unspecified atom stereocenters. The van der Waals surface area contributed by atoms with Gasteiger partial charge in [-0.2, -0.15) is 0 Å². The molecule has 30 heavy (non-hydrogen) atoms. The molecular formula is C22H34Cl2N4O2. The van der Waals surface area contributed by atoms with Gasteiger partial charge in [-0.05, 0) is 36.9 Å². The van der Waals surface area contributed by atoms with Gasteiger partial charge in [0.25, 0.3) is 0 Å². The van der Waals surface area contributed by atoms with Crippen LogP contribution in [0.15, 0.2) is 24.3 Å². The minimum absolute atomic E-state index is 0. The van der Waals surface area contributed by atoms with Crippen molar-refractivity contribution in [3.63, 3.8) is 0 Å². The van der Waals surface area contributed by atoms with Crippen molar-refractivity contribution in [3.8, 4) is 0 Å². The summed E-state index contributed by atoms with van der Waals surface area (Å²) in [6.45, 7) is 7.17. The average molecular weight is 457 g/mol. The van der Waals surface area contributed by atoms with Crippen LogP contribution in [0.2, 0.25) is 0 Å². The van der Waals surface area contributed by atoms with Crippen molar-refractivity contribution >= 4 is 42.3 Å². The molecular weight excluding hydrogens is 423 g/mol. The molecule has 4 rings (SSSR count). The third-order valence-electron chi connectivity index (χ3n) is 6.99. The molecule has 6 nitrogen and oxygen atoms in total. The predicted octanol–water partition coefficient (Wildman–Crippen LogP) is 2.59. The minimum Gasteiger partial charge on any atom is -0.368 e. The van der Waals surface area contributed by atoms with Gasteiger partial charge in [0.1, 0.15) is 0 Å². The van der Waals surface area contributed by atoms with Crippen LogP contribution in [-0.4, -0.2) is 56.0 Å². The zero-order valence-corrected chi connectivity index (χ0v) is 19.3. The largest absolute Gasteiger partial charge is 0.368 e. The van der Waals surface area contributed by atoms with Crippen LogP contribution in [0.3, 0.4) is 0 Å². The van der Waals surface area contributed by atoms with E-state index in [1.54, 1.807) is 6.92 Å². The lowest BCUT2D eigenvalue weighted by atomic mass is 9.67. The molecule has 2 heterocycles. The zero-order chi connectivity index (χ0) is 19.6. The fraction of sp³-hybridized carbons (Fsp3) is 0.636. The Labute approximate surface area is 192 Å². The summed E-state index contributed by atoms with van der Waals surface area (Å²) in [5.41, 5.74) is 2.12. The number of carbonyl (C=O) groups excluding carboxylic acids is 2. The summed E-state index contributed by atoms with van der Waals surface area (Å²) in [4.78, 5) is 29.0. The highest BCUT2D eigenvalue weighted by atomic mass is 35.5. The van der Waals surface area contributed by atoms with E-state index in [1.165, 1.54) is 12.1 Å². The number of nitrogens with one attached hydrogen (secondary N) is 2. The van der Waals surface area contributed by atoms with Crippen molar-refractivity contribution in [2.24, 2.45) is 11.3 Å². The van der Waals surface area contributed by atoms with E-state index in [-0.39, 0.29) is 42.0 Å². The molecule has 168 valence electrons. The number of fused-ring (bicyclic) bond motifs is 1. The maximum atomic E-state index is 13.2. The fourth-order valence-corrected chi connectivity index (χ4v) is 5.27. The molecule has 0 aromatic heterocycles. The van der Waals surface area contributed by atoms with Crippen molar-refractivity contribution in [2.45, 2.75) is 39.2 Å². The van der Waals surface area contributed by atoms with Gasteiger partial charge in [0, 0.05) is 51.9 Å². The Bertz CT molecular complexity index is 740. The topological polar surface area (TPSA) is 64.7 Å². The first-order valence-electron chi connectivity index (χ1n) is 10.7. The monoisotopic (exact) mass is 456 g/mol. The maximum Gasteiger partial charge on any atom is 0.228 e. The van der Waals surface area contributed by atoms with Gasteiger partial charge >= 0.3 is 0 Å². The number of hydrogen-bond acceptors (Lipinski definition) is 4. The van der Waals surface area contributed by atoms with Crippen molar-refractivity contribution in [1.29, 1.82) is 0 Å². The lowest BCUT2D eigenvalue weighted by molar-refractivity contribution is -0.134. The third kappa shape index (κ3) is 4.87. The lowest BCUT2D eigenvalue weighted by Crippen LogP contribution is -2.49. The van der Waals surface area contributed by atoms with Gasteiger partial charge in [-0.3, -0.25) is 9.59 Å². The van der Waals surface area contributed by atoms with E-state index in [1.807, 2.05) is 11.0 Å². The van der Waals surface area contributed by atoms with Crippen LogP contribution in [0, 0.1) is 11.3 Å². The summed E-state index contributed by atoms with van der Waals surface area (Å²) in [5, 5.41) is 6.73. The van der Waals surface area contributed by atoms with E-state index >= 15 is 0 Å². The Kier molecular flexibility index (Phi) is 8.83. The number of para-hydroxylation sites is 1. The number of benzene rings is 1. The number of piperazine rings is 1. The average Bonchev–Trinajstić information content (AvgIpc) is 3.18. The molecule has 2 aliphatic heterocycles. The van der Waals surface area contributed by atoms with Crippen LogP contribution in [0.4, 0.5) is 5.69 Å². The first-order valence-corrected chi connectivity index (χ1v) is 10.7. The predicted molar refractivity (Wildman–Crippen MR) is 125 cm³/mol. The van der Waals surface area contributed by atoms with Gasteiger partial charge in [-0.1, -0.05) is 31.0 Å². The highest BCUT2D eigenvalue weighted by Gasteiger charge is 2.49. The molecule has 2 saturated heterocycles. The molecule has 2 amide bonds. The third-order valence-corrected chi connectivity index (χ3v) is 6.99. The minimum atomic E-state index is -0.208. The molecule has 1 aromatic carbocycles. The van der Waals surface area contributed by atoms with Crippen LogP contribution in [-0.2, 0) is 16.1 Å². The van der Waals surface area contributed by atoms with E-state index in [0.29, 0.717) is 12.5 Å². The Morgan fingerprint density at radius 3 is 2.60 bits per heavy atom. The molecule has 0 bridgehead atoms. The molecule has 2 atom stereocenters. The van der Waals surface area contributed by atoms with Gasteiger partial charge < -0.3 is 20.4 Å². The number of carbonyl (C=O) groups is 2. The SMILES string of the molecule is CC(=O)N1CCN(c2ccccc2CNC(=O)[C@@]23CCCC[C@H]2CNC3)CC1.Cl.Cl. The first kappa shape index (κ1) is 24.8. The summed E-state index contributed by atoms with van der Waals surface area (Å²) < 4.78 is 0. The number of halogens is 2. The maximum absolute atomic E-state index is 13.2. The molecule has 1 aliphatic carbocycles. The highest BCUT2D eigenvalue weighted by molar-refractivity contribution is 5.85. The molecule has 3 fully saturated rings. The van der Waals surface area contributed by atoms with Crippen LogP contribution >= 0.6 is 24.8 Å². The van der Waals surface area contributed by atoms with Crippen LogP contribution in [0.25, 0.3) is 0 Å². The molecule has 2 N–H and O–H groups in total. The Hall–Kier alpha value is -1.50. The number of nitrogens with zero attached hydrogens (tertiary/aromatic N) is 2. The van der Waals surface area contributed by atoms with Gasteiger partial charge in [-0.15, -0.1) is 24.8 Å². The molecule has 0 radical (unpaired) electrons. The summed E-state index contributed by atoms with van der Waals surface area (Å²) in [5.74, 6) is 0.848. The van der Waals surface area contributed by atoms with Gasteiger partial charge in [0.2, 0.25) is 11.8 Å². The number of amides is 2. The van der Waals surface area contributed by atoms with Crippen LogP contribution in [0.5, 0.6) is 0 Å². The van der Waals surface area contributed by atoms with Crippen molar-refractivity contribution in [2.75, 3.05) is 44.2 Å². The Balaban J connectivity index is 0.00000160. The Morgan fingerprint density at radius 2 is 1.87 bits per heavy atom. The highest BCUT2D eigenvalue weighted by Crippen LogP contribution is 2.44. The summed E-state index contributed by atoms with van der Waals surface area (Å²) in [6.07, 6.45) is 4.57. The normalized spacial score (nSPS) is 25.6. The van der Waals surface area contributed by atoms with E-state index in [4.69, 9.17) is 0 Å². The Morgan fingerprint density at radius 1 is 1.13 bits per heavy atom. The van der Waals surface area contributed by atoms with E-state index in [2.05, 4.69) is 33.7 Å². The summed E-state index contributed by atoms with van der Waals surface area (Å²) >= 11 is 0. The van der Waals surface area contributed by atoms with Crippen LogP contribution < -0.4 is 15.5 Å². The molecule has 1 aromatic rings. The van der Waals surface area contributed by atoms with Crippen molar-refractivity contribution in [3.05, 3.63) is 29.8 Å². The van der Waals surface area contributed by atoms with E-state index in [0.717, 1.165) is 64.1 Å². The van der Waals surface area contributed by atoms with Gasteiger partial charge in [0.05, 0.1) is 5.41 Å². The smallest absolute Gasteiger partial charge is 0.228 e. The lowest BCUT2D eigenvalue weighted by Gasteiger charge is -2.38. The molecule has 3 aliphatic rings. The second-order valence-corrected chi connectivity index (χ2v) is 8.53. The number of anilines is 1. The fourth-order valence-electron chi connectivity index (χ4n) is 5.27. The molecule has 1 saturated carbocycles. The zero-order valence-electron chi connectivity index (χ0n) is 17.7. The second-order valence-electron chi connectivity index (χ2n) is 8.53. The quantitative estimate of drug-likeness (QED) is 0.730. The second kappa shape index (κ2) is 10.7. The summed E-state index contributed by atoms with van der Waals surface area (Å²) in [6, 6.07) is 8.32. The number of rotatable bonds is 4. The van der Waals surface area contributed by atoms with E-state index < -0.39 is 0 Å². The van der Waals surface area contributed by atoms with Crippen molar-refractivity contribution < 1.29 is 9.59 Å². The molecule has 8 heteroatoms. The van der Waals surface area contributed by atoms with Gasteiger partial charge in [0.15, 0.2) is 0 Å². The standard InChI is InChI=1S/C22H32N4O2.2ClH/c1-17(27)25-10-12-26(13-11-25)20-8-3-2-6-18(20)14-24-21(28)22-9-5-4-7-19(22)15-23-16-22;;/h2-3,6,8,19,23H,4-5,7,9-16H2,1H3,(H,24,28);2*1H/t19-,22+;;/m0../s1. The van der Waals surface area contributed by atoms with Crippen LogP contribution in [0.1, 0.15) is 38.2 Å².